The number of phenolic OH excluding ortho intramolecular Hbond substituents is 1. The Bertz CT molecular complexity index is 1040. The first-order valence-corrected chi connectivity index (χ1v) is 8.12. The molecule has 0 atom stereocenters. The molecule has 0 radical (unpaired) electrons. The van der Waals surface area contributed by atoms with Crippen molar-refractivity contribution in [1.82, 2.24) is 9.55 Å². The molecule has 3 aromatic carbocycles. The van der Waals surface area contributed by atoms with Crippen LogP contribution < -0.4 is 0 Å². The second kappa shape index (κ2) is 6.61. The van der Waals surface area contributed by atoms with E-state index in [-0.39, 0.29) is 5.75 Å². The molecule has 4 nitrogen and oxygen atoms in total. The number of para-hydroxylation sites is 3. The molecule has 1 heterocycles. The van der Waals surface area contributed by atoms with Crippen molar-refractivity contribution in [3.63, 3.8) is 0 Å². The van der Waals surface area contributed by atoms with Crippen molar-refractivity contribution in [2.24, 2.45) is 4.99 Å². The van der Waals surface area contributed by atoms with Gasteiger partial charge in [-0.05, 0) is 29.8 Å². The summed E-state index contributed by atoms with van der Waals surface area (Å²) in [5, 5.41) is 9.91. The molecule has 1 aromatic heterocycles. The van der Waals surface area contributed by atoms with Crippen molar-refractivity contribution < 1.29 is 5.11 Å². The minimum atomic E-state index is 0.206. The van der Waals surface area contributed by atoms with Crippen LogP contribution in [0.2, 0.25) is 0 Å². The maximum Gasteiger partial charge on any atom is 0.230 e. The zero-order valence-electron chi connectivity index (χ0n) is 13.6. The van der Waals surface area contributed by atoms with Gasteiger partial charge in [0.2, 0.25) is 5.95 Å². The van der Waals surface area contributed by atoms with Gasteiger partial charge in [0.05, 0.1) is 17.6 Å². The first-order chi connectivity index (χ1) is 12.3. The molecule has 4 heteroatoms. The number of phenols is 1. The average molecular weight is 327 g/mol. The highest BCUT2D eigenvalue weighted by molar-refractivity contribution is 5.86. The first kappa shape index (κ1) is 15.1. The van der Waals surface area contributed by atoms with E-state index in [1.807, 2.05) is 54.6 Å². The van der Waals surface area contributed by atoms with Gasteiger partial charge in [-0.2, -0.15) is 0 Å². The van der Waals surface area contributed by atoms with E-state index < -0.39 is 0 Å². The lowest BCUT2D eigenvalue weighted by Crippen LogP contribution is -1.99. The van der Waals surface area contributed by atoms with E-state index in [4.69, 9.17) is 0 Å². The summed E-state index contributed by atoms with van der Waals surface area (Å²) in [5.74, 6) is 0.824. The van der Waals surface area contributed by atoms with E-state index in [0.717, 1.165) is 11.0 Å². The van der Waals surface area contributed by atoms with Gasteiger partial charge in [-0.25, -0.2) is 9.98 Å². The van der Waals surface area contributed by atoms with Crippen LogP contribution in [0.1, 0.15) is 11.1 Å². The minimum Gasteiger partial charge on any atom is -0.507 e. The lowest BCUT2D eigenvalue weighted by atomic mass is 10.2. The molecule has 0 saturated heterocycles. The molecule has 0 amide bonds. The second-order valence-corrected chi connectivity index (χ2v) is 5.79. The van der Waals surface area contributed by atoms with Crippen LogP contribution in [0.5, 0.6) is 5.75 Å². The number of hydrogen-bond acceptors (Lipinski definition) is 3. The summed E-state index contributed by atoms with van der Waals surface area (Å²) < 4.78 is 2.08. The summed E-state index contributed by atoms with van der Waals surface area (Å²) in [5.41, 5.74) is 3.80. The normalized spacial score (nSPS) is 11.4. The highest BCUT2D eigenvalue weighted by Gasteiger charge is 2.10. The van der Waals surface area contributed by atoms with Crippen LogP contribution in [0.15, 0.2) is 83.9 Å². The Balaban J connectivity index is 1.78. The average Bonchev–Trinajstić information content (AvgIpc) is 3.00. The third-order valence-corrected chi connectivity index (χ3v) is 4.07. The van der Waals surface area contributed by atoms with Crippen LogP contribution in [0, 0.1) is 0 Å². The number of aliphatic imine (C=N–C) groups is 1. The molecule has 4 rings (SSSR count). The number of benzene rings is 3. The Morgan fingerprint density at radius 2 is 1.60 bits per heavy atom. The molecule has 0 aliphatic carbocycles. The fourth-order valence-electron chi connectivity index (χ4n) is 2.81. The van der Waals surface area contributed by atoms with Gasteiger partial charge in [0.25, 0.3) is 0 Å². The SMILES string of the molecule is Oc1ccccc1C=Nc1nc2ccccc2n1Cc1ccccc1. The maximum absolute atomic E-state index is 9.91. The van der Waals surface area contributed by atoms with Gasteiger partial charge in [0.1, 0.15) is 5.75 Å². The van der Waals surface area contributed by atoms with Crippen molar-refractivity contribution in [3.8, 4) is 5.75 Å². The van der Waals surface area contributed by atoms with Crippen molar-refractivity contribution in [2.45, 2.75) is 6.54 Å². The fraction of sp³-hybridized carbons (Fsp3) is 0.0476. The predicted octanol–water partition coefficient (Wildman–Crippen LogP) is 4.54. The maximum atomic E-state index is 9.91. The lowest BCUT2D eigenvalue weighted by molar-refractivity contribution is 0.474. The topological polar surface area (TPSA) is 50.4 Å². The minimum absolute atomic E-state index is 0.206. The van der Waals surface area contributed by atoms with Crippen LogP contribution in [0.25, 0.3) is 11.0 Å². The van der Waals surface area contributed by atoms with Crippen molar-refractivity contribution >= 4 is 23.2 Å². The Labute approximate surface area is 145 Å². The number of imidazole rings is 1. The van der Waals surface area contributed by atoms with Gasteiger partial charge in [-0.3, -0.25) is 0 Å². The standard InChI is InChI=1S/C21H17N3O/c25-20-13-7-4-10-17(20)14-22-21-23-18-11-5-6-12-19(18)24(21)15-16-8-2-1-3-9-16/h1-14,25H,15H2. The molecule has 0 fully saturated rings. The number of fused-ring (bicyclic) bond motifs is 1. The number of aromatic hydroxyl groups is 1. The van der Waals surface area contributed by atoms with Crippen molar-refractivity contribution in [2.75, 3.05) is 0 Å². The summed E-state index contributed by atoms with van der Waals surface area (Å²) in [6.45, 7) is 0.689. The summed E-state index contributed by atoms with van der Waals surface area (Å²) in [7, 11) is 0. The Morgan fingerprint density at radius 3 is 2.44 bits per heavy atom. The molecule has 4 aromatic rings. The molecular formula is C21H17N3O. The number of rotatable bonds is 4. The van der Waals surface area contributed by atoms with E-state index in [1.54, 1.807) is 18.3 Å². The van der Waals surface area contributed by atoms with E-state index in [0.29, 0.717) is 18.1 Å². The van der Waals surface area contributed by atoms with Crippen LogP contribution in [-0.2, 0) is 6.54 Å². The summed E-state index contributed by atoms with van der Waals surface area (Å²) in [6.07, 6.45) is 1.65. The van der Waals surface area contributed by atoms with Crippen LogP contribution in [0.3, 0.4) is 0 Å². The highest BCUT2D eigenvalue weighted by Crippen LogP contribution is 2.24. The zero-order chi connectivity index (χ0) is 17.1. The molecule has 0 saturated carbocycles. The molecule has 0 unspecified atom stereocenters. The largest absolute Gasteiger partial charge is 0.507 e. The quantitative estimate of drug-likeness (QED) is 0.559. The molecule has 122 valence electrons. The molecule has 1 N–H and O–H groups in total. The van der Waals surface area contributed by atoms with Gasteiger partial charge in [-0.1, -0.05) is 54.6 Å². The van der Waals surface area contributed by atoms with E-state index in [1.165, 1.54) is 5.56 Å². The lowest BCUT2D eigenvalue weighted by Gasteiger charge is -2.06. The summed E-state index contributed by atoms with van der Waals surface area (Å²) in [4.78, 5) is 9.17. The van der Waals surface area contributed by atoms with E-state index in [9.17, 15) is 5.11 Å². The van der Waals surface area contributed by atoms with Gasteiger partial charge in [0.15, 0.2) is 0 Å². The first-order valence-electron chi connectivity index (χ1n) is 8.12. The Hall–Kier alpha value is -3.40. The third-order valence-electron chi connectivity index (χ3n) is 4.07. The Kier molecular flexibility index (Phi) is 4.01. The van der Waals surface area contributed by atoms with Gasteiger partial charge < -0.3 is 9.67 Å². The molecular weight excluding hydrogens is 310 g/mol. The molecule has 0 aliphatic rings. The van der Waals surface area contributed by atoms with Crippen LogP contribution in [0.4, 0.5) is 5.95 Å². The number of nitrogens with zero attached hydrogens (tertiary/aromatic N) is 3. The number of hydrogen-bond donors (Lipinski definition) is 1. The molecule has 0 bridgehead atoms. The predicted molar refractivity (Wildman–Crippen MR) is 101 cm³/mol. The van der Waals surface area contributed by atoms with Crippen LogP contribution in [-0.4, -0.2) is 20.9 Å². The van der Waals surface area contributed by atoms with Crippen LogP contribution >= 0.6 is 0 Å². The van der Waals surface area contributed by atoms with Gasteiger partial charge in [-0.15, -0.1) is 0 Å². The molecule has 25 heavy (non-hydrogen) atoms. The third kappa shape index (κ3) is 3.15. The van der Waals surface area contributed by atoms with E-state index in [2.05, 4.69) is 26.7 Å². The van der Waals surface area contributed by atoms with Gasteiger partial charge >= 0.3 is 0 Å². The Morgan fingerprint density at radius 1 is 0.880 bits per heavy atom. The van der Waals surface area contributed by atoms with Crippen molar-refractivity contribution in [1.29, 1.82) is 0 Å². The summed E-state index contributed by atoms with van der Waals surface area (Å²) >= 11 is 0. The summed E-state index contributed by atoms with van der Waals surface area (Å²) in [6, 6.07) is 25.4. The fourth-order valence-corrected chi connectivity index (χ4v) is 2.81. The van der Waals surface area contributed by atoms with Gasteiger partial charge in [0, 0.05) is 11.8 Å². The molecule has 0 spiro atoms. The smallest absolute Gasteiger partial charge is 0.230 e. The highest BCUT2D eigenvalue weighted by atomic mass is 16.3. The molecule has 0 aliphatic heterocycles. The number of aromatic nitrogens is 2. The second-order valence-electron chi connectivity index (χ2n) is 5.79. The zero-order valence-corrected chi connectivity index (χ0v) is 13.6. The monoisotopic (exact) mass is 327 g/mol. The van der Waals surface area contributed by atoms with Crippen molar-refractivity contribution in [3.05, 3.63) is 90.0 Å². The van der Waals surface area contributed by atoms with E-state index >= 15 is 0 Å².